The molecule has 3 nitrogen and oxygen atoms in total. The Kier molecular flexibility index (Phi) is 20.5. The highest BCUT2D eigenvalue weighted by Gasteiger charge is 1.86. The lowest BCUT2D eigenvalue weighted by Crippen LogP contribution is -1.95. The van der Waals surface area contributed by atoms with Crippen LogP contribution in [0.4, 0.5) is 0 Å². The topological polar surface area (TPSA) is 46.5 Å². The Bertz CT molecular complexity index is 317. The molecule has 0 spiro atoms. The molecule has 0 fully saturated rings. The number of hydrogen-bond acceptors (Lipinski definition) is 3. The summed E-state index contributed by atoms with van der Waals surface area (Å²) in [6.45, 7) is 8.32. The average Bonchev–Trinajstić information content (AvgIpc) is 2.49. The quantitative estimate of drug-likeness (QED) is 0.575. The van der Waals surface area contributed by atoms with Gasteiger partial charge >= 0.3 is 5.97 Å². The molecule has 22 heavy (non-hydrogen) atoms. The van der Waals surface area contributed by atoms with Crippen molar-refractivity contribution in [3.05, 3.63) is 35.9 Å². The van der Waals surface area contributed by atoms with Crippen molar-refractivity contribution in [3.63, 3.8) is 0 Å². The highest BCUT2D eigenvalue weighted by molar-refractivity contribution is 5.65. The number of rotatable bonds is 7. The summed E-state index contributed by atoms with van der Waals surface area (Å²) >= 11 is 0. The molecule has 1 aromatic rings. The molecule has 0 bridgehead atoms. The van der Waals surface area contributed by atoms with Crippen molar-refractivity contribution >= 4 is 5.97 Å². The Balaban J connectivity index is 0. The SMILES string of the molecule is CCCCCCCCO.CCOC(C)=O.Cc1ccccc1. The molecule has 0 aliphatic heterocycles. The van der Waals surface area contributed by atoms with E-state index in [0.29, 0.717) is 13.2 Å². The largest absolute Gasteiger partial charge is 0.466 e. The molecular formula is C19H34O3. The van der Waals surface area contributed by atoms with Gasteiger partial charge in [0.15, 0.2) is 0 Å². The summed E-state index contributed by atoms with van der Waals surface area (Å²) in [5, 5.41) is 8.42. The second-order valence-electron chi connectivity index (χ2n) is 5.07. The van der Waals surface area contributed by atoms with Crippen LogP contribution < -0.4 is 0 Å². The smallest absolute Gasteiger partial charge is 0.302 e. The Morgan fingerprint density at radius 3 is 1.86 bits per heavy atom. The van der Waals surface area contributed by atoms with Gasteiger partial charge in [-0.1, -0.05) is 74.9 Å². The van der Waals surface area contributed by atoms with E-state index in [2.05, 4.69) is 30.7 Å². The lowest BCUT2D eigenvalue weighted by molar-refractivity contribution is -0.140. The number of carbonyl (C=O) groups excluding carboxylic acids is 1. The highest BCUT2D eigenvalue weighted by Crippen LogP contribution is 2.03. The second-order valence-corrected chi connectivity index (χ2v) is 5.07. The first-order valence-electron chi connectivity index (χ1n) is 8.34. The van der Waals surface area contributed by atoms with E-state index in [1.165, 1.54) is 44.6 Å². The van der Waals surface area contributed by atoms with Crippen LogP contribution in [0.1, 0.15) is 64.9 Å². The number of ether oxygens (including phenoxy) is 1. The summed E-state index contributed by atoms with van der Waals surface area (Å²) in [6, 6.07) is 10.3. The number of aliphatic hydroxyl groups excluding tert-OH is 1. The Labute approximate surface area is 136 Å². The van der Waals surface area contributed by atoms with Crippen LogP contribution in [0.15, 0.2) is 30.3 Å². The zero-order valence-electron chi connectivity index (χ0n) is 14.8. The van der Waals surface area contributed by atoms with Gasteiger partial charge in [0, 0.05) is 13.5 Å². The van der Waals surface area contributed by atoms with E-state index in [9.17, 15) is 4.79 Å². The minimum absolute atomic E-state index is 0.211. The molecule has 128 valence electrons. The molecule has 0 heterocycles. The highest BCUT2D eigenvalue weighted by atomic mass is 16.5. The number of esters is 1. The molecular weight excluding hydrogens is 276 g/mol. The third-order valence-corrected chi connectivity index (χ3v) is 2.80. The predicted octanol–water partition coefficient (Wildman–Crippen LogP) is 4.90. The third-order valence-electron chi connectivity index (χ3n) is 2.80. The van der Waals surface area contributed by atoms with Gasteiger partial charge in [-0.3, -0.25) is 4.79 Å². The van der Waals surface area contributed by atoms with Crippen molar-refractivity contribution in [3.8, 4) is 0 Å². The van der Waals surface area contributed by atoms with Crippen LogP contribution in [0.25, 0.3) is 0 Å². The molecule has 1 aromatic carbocycles. The fraction of sp³-hybridized carbons (Fsp3) is 0.632. The van der Waals surface area contributed by atoms with Gasteiger partial charge in [-0.05, 0) is 20.3 Å². The van der Waals surface area contributed by atoms with Gasteiger partial charge in [0.25, 0.3) is 0 Å². The first kappa shape index (κ1) is 22.9. The fourth-order valence-corrected chi connectivity index (χ4v) is 1.63. The number of aliphatic hydroxyl groups is 1. The molecule has 1 rings (SSSR count). The summed E-state index contributed by atoms with van der Waals surface area (Å²) in [5.74, 6) is -0.211. The first-order chi connectivity index (χ1) is 10.6. The van der Waals surface area contributed by atoms with Crippen molar-refractivity contribution in [2.75, 3.05) is 13.2 Å². The molecule has 0 aliphatic carbocycles. The molecule has 0 unspecified atom stereocenters. The zero-order chi connectivity index (χ0) is 17.1. The van der Waals surface area contributed by atoms with E-state index in [1.54, 1.807) is 6.92 Å². The van der Waals surface area contributed by atoms with Crippen molar-refractivity contribution < 1.29 is 14.6 Å². The molecule has 0 amide bonds. The Hall–Kier alpha value is -1.35. The van der Waals surface area contributed by atoms with Gasteiger partial charge in [-0.2, -0.15) is 0 Å². The predicted molar refractivity (Wildman–Crippen MR) is 93.9 cm³/mol. The fourth-order valence-electron chi connectivity index (χ4n) is 1.63. The van der Waals surface area contributed by atoms with Crippen LogP contribution in [0.3, 0.4) is 0 Å². The molecule has 0 radical (unpaired) electrons. The molecule has 0 aliphatic rings. The van der Waals surface area contributed by atoms with Crippen LogP contribution in [-0.2, 0) is 9.53 Å². The van der Waals surface area contributed by atoms with Crippen molar-refractivity contribution in [1.29, 1.82) is 0 Å². The number of aryl methyl sites for hydroxylation is 1. The average molecular weight is 310 g/mol. The third kappa shape index (κ3) is 23.7. The normalized spacial score (nSPS) is 8.95. The number of unbranched alkanes of at least 4 members (excludes halogenated alkanes) is 5. The second kappa shape index (κ2) is 19.7. The Morgan fingerprint density at radius 1 is 1.00 bits per heavy atom. The van der Waals surface area contributed by atoms with Crippen LogP contribution in [0, 0.1) is 6.92 Å². The number of hydrogen-bond donors (Lipinski definition) is 1. The van der Waals surface area contributed by atoms with Crippen molar-refractivity contribution in [1.82, 2.24) is 0 Å². The van der Waals surface area contributed by atoms with E-state index in [4.69, 9.17) is 5.11 Å². The summed E-state index contributed by atoms with van der Waals surface area (Å²) in [6.07, 6.45) is 7.50. The Morgan fingerprint density at radius 2 is 1.55 bits per heavy atom. The van der Waals surface area contributed by atoms with E-state index >= 15 is 0 Å². The van der Waals surface area contributed by atoms with Crippen molar-refractivity contribution in [2.45, 2.75) is 66.2 Å². The maximum Gasteiger partial charge on any atom is 0.302 e. The van der Waals surface area contributed by atoms with Crippen LogP contribution in [-0.4, -0.2) is 24.3 Å². The summed E-state index contributed by atoms with van der Waals surface area (Å²) in [7, 11) is 0. The van der Waals surface area contributed by atoms with Gasteiger partial charge in [0.05, 0.1) is 6.61 Å². The molecule has 1 N–H and O–H groups in total. The summed E-state index contributed by atoms with van der Waals surface area (Å²) in [5.41, 5.74) is 1.32. The first-order valence-corrected chi connectivity index (χ1v) is 8.34. The van der Waals surface area contributed by atoms with E-state index < -0.39 is 0 Å². The summed E-state index contributed by atoms with van der Waals surface area (Å²) in [4.78, 5) is 9.82. The minimum atomic E-state index is -0.211. The van der Waals surface area contributed by atoms with Gasteiger partial charge in [-0.25, -0.2) is 0 Å². The lowest BCUT2D eigenvalue weighted by atomic mass is 10.1. The molecule has 0 saturated heterocycles. The molecule has 3 heteroatoms. The van der Waals surface area contributed by atoms with E-state index in [0.717, 1.165) is 6.42 Å². The van der Waals surface area contributed by atoms with Crippen LogP contribution >= 0.6 is 0 Å². The van der Waals surface area contributed by atoms with Crippen LogP contribution in [0.2, 0.25) is 0 Å². The zero-order valence-corrected chi connectivity index (χ0v) is 14.8. The lowest BCUT2D eigenvalue weighted by Gasteiger charge is -1.95. The molecule has 0 saturated carbocycles. The maximum absolute atomic E-state index is 9.82. The van der Waals surface area contributed by atoms with E-state index in [-0.39, 0.29) is 5.97 Å². The monoisotopic (exact) mass is 310 g/mol. The molecule has 0 aromatic heterocycles. The number of carbonyl (C=O) groups is 1. The van der Waals surface area contributed by atoms with Gasteiger partial charge in [0.2, 0.25) is 0 Å². The minimum Gasteiger partial charge on any atom is -0.466 e. The molecule has 0 atom stereocenters. The van der Waals surface area contributed by atoms with Gasteiger partial charge in [-0.15, -0.1) is 0 Å². The van der Waals surface area contributed by atoms with Crippen molar-refractivity contribution in [2.24, 2.45) is 0 Å². The number of benzene rings is 1. The standard InChI is InChI=1S/C8H18O.C7H8.C4H8O2/c1-2-3-4-5-6-7-8-9;1-7-5-3-2-4-6-7;1-3-6-4(2)5/h9H,2-8H2,1H3;2-6H,1H3;3H2,1-2H3. The maximum atomic E-state index is 9.82. The van der Waals surface area contributed by atoms with Crippen LogP contribution in [0.5, 0.6) is 0 Å². The van der Waals surface area contributed by atoms with Gasteiger partial charge in [0.1, 0.15) is 0 Å². The van der Waals surface area contributed by atoms with E-state index in [1.807, 2.05) is 18.2 Å². The summed E-state index contributed by atoms with van der Waals surface area (Å²) < 4.78 is 4.40. The van der Waals surface area contributed by atoms with Gasteiger partial charge < -0.3 is 9.84 Å².